The smallest absolute Gasteiger partial charge is 0.213 e. The van der Waals surface area contributed by atoms with Crippen LogP contribution in [0.3, 0.4) is 0 Å². The van der Waals surface area contributed by atoms with Gasteiger partial charge in [0.2, 0.25) is 10.0 Å². The van der Waals surface area contributed by atoms with Gasteiger partial charge < -0.3 is 10.5 Å². The van der Waals surface area contributed by atoms with Crippen LogP contribution < -0.4 is 10.5 Å². The highest BCUT2D eigenvalue weighted by Gasteiger charge is 2.14. The molecule has 0 aliphatic heterocycles. The summed E-state index contributed by atoms with van der Waals surface area (Å²) in [5, 5.41) is 0. The Kier molecular flexibility index (Phi) is 6.23. The fourth-order valence-electron chi connectivity index (χ4n) is 0.904. The summed E-state index contributed by atoms with van der Waals surface area (Å²) < 4.78 is 29.8. The Morgan fingerprint density at radius 1 is 1.54 bits per heavy atom. The second-order valence-electron chi connectivity index (χ2n) is 2.79. The average Bonchev–Trinajstić information content (AvgIpc) is 2.03. The molecule has 0 aromatic rings. The first-order valence-corrected chi connectivity index (χ1v) is 5.90. The van der Waals surface area contributed by atoms with Gasteiger partial charge in [0.1, 0.15) is 0 Å². The zero-order chi connectivity index (χ0) is 10.3. The van der Waals surface area contributed by atoms with E-state index in [2.05, 4.69) is 4.72 Å². The first-order chi connectivity index (χ1) is 6.05. The molecular formula is C7H18N2O3S. The van der Waals surface area contributed by atoms with Gasteiger partial charge in [-0.3, -0.25) is 0 Å². The Morgan fingerprint density at radius 3 is 2.54 bits per heavy atom. The molecule has 13 heavy (non-hydrogen) atoms. The average molecular weight is 210 g/mol. The Hall–Kier alpha value is -0.170. The van der Waals surface area contributed by atoms with Crippen LogP contribution in [-0.4, -0.2) is 40.5 Å². The van der Waals surface area contributed by atoms with E-state index >= 15 is 0 Å². The van der Waals surface area contributed by atoms with Crippen molar-refractivity contribution in [3.8, 4) is 0 Å². The van der Waals surface area contributed by atoms with Crippen LogP contribution in [0.4, 0.5) is 0 Å². The molecule has 0 saturated heterocycles. The maximum absolute atomic E-state index is 11.2. The van der Waals surface area contributed by atoms with Crippen molar-refractivity contribution in [2.24, 2.45) is 5.73 Å². The van der Waals surface area contributed by atoms with Gasteiger partial charge >= 0.3 is 0 Å². The number of ether oxygens (including phenoxy) is 1. The second-order valence-corrected chi connectivity index (χ2v) is 4.66. The molecule has 0 radical (unpaired) electrons. The van der Waals surface area contributed by atoms with Gasteiger partial charge in [0.05, 0.1) is 12.4 Å². The van der Waals surface area contributed by atoms with E-state index in [9.17, 15) is 8.42 Å². The SMILES string of the molecule is CCC(COC)NS(=O)(=O)CCN. The van der Waals surface area contributed by atoms with Gasteiger partial charge in [-0.15, -0.1) is 0 Å². The van der Waals surface area contributed by atoms with Crippen LogP contribution >= 0.6 is 0 Å². The summed E-state index contributed by atoms with van der Waals surface area (Å²) in [6.07, 6.45) is 0.706. The predicted molar refractivity (Wildman–Crippen MR) is 51.9 cm³/mol. The van der Waals surface area contributed by atoms with Crippen molar-refractivity contribution in [2.75, 3.05) is 26.0 Å². The van der Waals surface area contributed by atoms with Crippen molar-refractivity contribution in [1.82, 2.24) is 4.72 Å². The Morgan fingerprint density at radius 2 is 2.15 bits per heavy atom. The summed E-state index contributed by atoms with van der Waals surface area (Å²) in [5.74, 6) is -0.0345. The highest BCUT2D eigenvalue weighted by atomic mass is 32.2. The van der Waals surface area contributed by atoms with Crippen LogP contribution in [0.15, 0.2) is 0 Å². The van der Waals surface area contributed by atoms with Crippen molar-refractivity contribution < 1.29 is 13.2 Å². The normalized spacial score (nSPS) is 14.4. The van der Waals surface area contributed by atoms with E-state index in [4.69, 9.17) is 10.5 Å². The van der Waals surface area contributed by atoms with Crippen LogP contribution in [0, 0.1) is 0 Å². The number of nitrogens with one attached hydrogen (secondary N) is 1. The van der Waals surface area contributed by atoms with Crippen LogP contribution in [0.25, 0.3) is 0 Å². The van der Waals surface area contributed by atoms with Crippen LogP contribution in [0.1, 0.15) is 13.3 Å². The molecule has 0 amide bonds. The number of sulfonamides is 1. The largest absolute Gasteiger partial charge is 0.383 e. The number of nitrogens with two attached hydrogens (primary N) is 1. The predicted octanol–water partition coefficient (Wildman–Crippen LogP) is -0.710. The zero-order valence-electron chi connectivity index (χ0n) is 8.12. The molecule has 0 aromatic carbocycles. The van der Waals surface area contributed by atoms with Crippen LogP contribution in [0.2, 0.25) is 0 Å². The third-order valence-electron chi connectivity index (χ3n) is 1.59. The van der Waals surface area contributed by atoms with Gasteiger partial charge in [-0.2, -0.15) is 0 Å². The van der Waals surface area contributed by atoms with Gasteiger partial charge in [0.25, 0.3) is 0 Å². The van der Waals surface area contributed by atoms with Gasteiger partial charge in [-0.05, 0) is 6.42 Å². The van der Waals surface area contributed by atoms with Crippen molar-refractivity contribution in [3.63, 3.8) is 0 Å². The van der Waals surface area contributed by atoms with E-state index in [1.807, 2.05) is 6.92 Å². The molecule has 0 bridgehead atoms. The molecule has 6 heteroatoms. The third-order valence-corrected chi connectivity index (χ3v) is 3.06. The molecular weight excluding hydrogens is 192 g/mol. The summed E-state index contributed by atoms with van der Waals surface area (Å²) >= 11 is 0. The molecule has 80 valence electrons. The quantitative estimate of drug-likeness (QED) is 0.581. The molecule has 0 aromatic heterocycles. The molecule has 0 rings (SSSR count). The number of methoxy groups -OCH3 is 1. The maximum Gasteiger partial charge on any atom is 0.213 e. The summed E-state index contributed by atoms with van der Waals surface area (Å²) in [4.78, 5) is 0. The second kappa shape index (κ2) is 6.31. The van der Waals surface area contributed by atoms with Crippen molar-refractivity contribution in [2.45, 2.75) is 19.4 Å². The van der Waals surface area contributed by atoms with Gasteiger partial charge in [-0.1, -0.05) is 6.92 Å². The molecule has 0 heterocycles. The number of rotatable bonds is 7. The van der Waals surface area contributed by atoms with Crippen LogP contribution in [-0.2, 0) is 14.8 Å². The molecule has 0 aliphatic carbocycles. The van der Waals surface area contributed by atoms with E-state index in [0.29, 0.717) is 13.0 Å². The number of hydrogen-bond donors (Lipinski definition) is 2. The fourth-order valence-corrected chi connectivity index (χ4v) is 2.08. The maximum atomic E-state index is 11.2. The minimum absolute atomic E-state index is 0.0345. The lowest BCUT2D eigenvalue weighted by Crippen LogP contribution is -2.40. The Balaban J connectivity index is 4.06. The van der Waals surface area contributed by atoms with Gasteiger partial charge in [0, 0.05) is 19.7 Å². The van der Waals surface area contributed by atoms with E-state index in [-0.39, 0.29) is 18.3 Å². The topological polar surface area (TPSA) is 81.4 Å². The summed E-state index contributed by atoms with van der Waals surface area (Å²) in [7, 11) is -1.68. The van der Waals surface area contributed by atoms with Crippen molar-refractivity contribution >= 4 is 10.0 Å². The molecule has 0 spiro atoms. The minimum atomic E-state index is -3.22. The van der Waals surface area contributed by atoms with Crippen molar-refractivity contribution in [1.29, 1.82) is 0 Å². The molecule has 0 saturated carbocycles. The van der Waals surface area contributed by atoms with Gasteiger partial charge in [-0.25, -0.2) is 13.1 Å². The lowest BCUT2D eigenvalue weighted by Gasteiger charge is -2.15. The molecule has 1 unspecified atom stereocenters. The van der Waals surface area contributed by atoms with Gasteiger partial charge in [0.15, 0.2) is 0 Å². The third kappa shape index (κ3) is 5.98. The summed E-state index contributed by atoms with van der Waals surface area (Å²) in [6.45, 7) is 2.42. The molecule has 0 aliphatic rings. The molecule has 5 nitrogen and oxygen atoms in total. The van der Waals surface area contributed by atoms with E-state index in [1.54, 1.807) is 7.11 Å². The Labute approximate surface area is 79.7 Å². The zero-order valence-corrected chi connectivity index (χ0v) is 8.93. The number of hydrogen-bond acceptors (Lipinski definition) is 4. The van der Waals surface area contributed by atoms with E-state index in [0.717, 1.165) is 0 Å². The lowest BCUT2D eigenvalue weighted by molar-refractivity contribution is 0.173. The highest BCUT2D eigenvalue weighted by molar-refractivity contribution is 7.89. The van der Waals surface area contributed by atoms with E-state index in [1.165, 1.54) is 0 Å². The molecule has 3 N–H and O–H groups in total. The van der Waals surface area contributed by atoms with E-state index < -0.39 is 10.0 Å². The fraction of sp³-hybridized carbons (Fsp3) is 1.00. The molecule has 1 atom stereocenters. The highest BCUT2D eigenvalue weighted by Crippen LogP contribution is 1.95. The monoisotopic (exact) mass is 210 g/mol. The standard InChI is InChI=1S/C7H18N2O3S/c1-3-7(6-12-2)9-13(10,11)5-4-8/h7,9H,3-6,8H2,1-2H3. The minimum Gasteiger partial charge on any atom is -0.383 e. The first kappa shape index (κ1) is 12.8. The summed E-state index contributed by atoms with van der Waals surface area (Å²) in [6, 6.07) is -0.151. The summed E-state index contributed by atoms with van der Waals surface area (Å²) in [5.41, 5.74) is 5.16. The van der Waals surface area contributed by atoms with Crippen molar-refractivity contribution in [3.05, 3.63) is 0 Å². The Bertz CT molecular complexity index is 216. The lowest BCUT2D eigenvalue weighted by atomic mass is 10.3. The molecule has 0 fully saturated rings. The van der Waals surface area contributed by atoms with Crippen LogP contribution in [0.5, 0.6) is 0 Å². The first-order valence-electron chi connectivity index (χ1n) is 4.24.